The van der Waals surface area contributed by atoms with Gasteiger partial charge in [-0.1, -0.05) is 6.07 Å². The first-order valence-electron chi connectivity index (χ1n) is 7.53. The lowest BCUT2D eigenvalue weighted by molar-refractivity contribution is -0.129. The zero-order chi connectivity index (χ0) is 15.5. The number of benzene rings is 1. The van der Waals surface area contributed by atoms with E-state index in [1.807, 2.05) is 26.8 Å². The zero-order valence-corrected chi connectivity index (χ0v) is 13.1. The van der Waals surface area contributed by atoms with E-state index in [2.05, 4.69) is 10.2 Å². The van der Waals surface area contributed by atoms with Gasteiger partial charge in [0.2, 0.25) is 5.91 Å². The molecule has 5 nitrogen and oxygen atoms in total. The number of piperazine rings is 1. The zero-order valence-electron chi connectivity index (χ0n) is 13.1. The van der Waals surface area contributed by atoms with Crippen molar-refractivity contribution >= 4 is 11.6 Å². The summed E-state index contributed by atoms with van der Waals surface area (Å²) in [7, 11) is 0. The van der Waals surface area contributed by atoms with Crippen LogP contribution in [0.5, 0.6) is 5.75 Å². The van der Waals surface area contributed by atoms with E-state index in [1.54, 1.807) is 23.1 Å². The highest BCUT2D eigenvalue weighted by atomic mass is 16.3. The van der Waals surface area contributed by atoms with Crippen LogP contribution in [0, 0.1) is 0 Å². The number of hydrogen-bond donors (Lipinski definition) is 2. The smallest absolute Gasteiger partial charge is 0.246 e. The number of hydrogen-bond acceptors (Lipinski definition) is 4. The van der Waals surface area contributed by atoms with Gasteiger partial charge in [0.25, 0.3) is 0 Å². The topological polar surface area (TPSA) is 55.8 Å². The van der Waals surface area contributed by atoms with Gasteiger partial charge in [-0.3, -0.25) is 9.69 Å². The van der Waals surface area contributed by atoms with Crippen LogP contribution in [0.4, 0.5) is 5.69 Å². The maximum Gasteiger partial charge on any atom is 0.246 e. The van der Waals surface area contributed by atoms with Crippen LogP contribution in [0.25, 0.3) is 0 Å². The highest BCUT2D eigenvalue weighted by molar-refractivity contribution is 5.99. The number of amides is 1. The number of aromatic hydroxyl groups is 1. The van der Waals surface area contributed by atoms with Gasteiger partial charge >= 0.3 is 0 Å². The molecule has 0 bridgehead atoms. The van der Waals surface area contributed by atoms with E-state index in [0.29, 0.717) is 6.54 Å². The third kappa shape index (κ3) is 3.36. The Labute approximate surface area is 126 Å². The summed E-state index contributed by atoms with van der Waals surface area (Å²) < 4.78 is 0. The van der Waals surface area contributed by atoms with Crippen LogP contribution in [0.3, 0.4) is 0 Å². The number of nitrogens with one attached hydrogen (secondary N) is 1. The Bertz CT molecular complexity index is 496. The summed E-state index contributed by atoms with van der Waals surface area (Å²) in [5.41, 5.74) is 0.189. The number of anilines is 1. The third-order valence-electron chi connectivity index (χ3n) is 4.13. The second kappa shape index (κ2) is 6.45. The van der Waals surface area contributed by atoms with Gasteiger partial charge in [0.05, 0.1) is 5.54 Å². The van der Waals surface area contributed by atoms with Crippen molar-refractivity contribution in [2.45, 2.75) is 26.3 Å². The molecule has 1 aliphatic heterocycles. The fraction of sp³-hybridized carbons (Fsp3) is 0.562. The fourth-order valence-electron chi connectivity index (χ4n) is 2.79. The number of phenols is 1. The van der Waals surface area contributed by atoms with Crippen molar-refractivity contribution in [3.05, 3.63) is 24.3 Å². The second-order valence-electron chi connectivity index (χ2n) is 5.87. The van der Waals surface area contributed by atoms with Crippen LogP contribution in [0.1, 0.15) is 20.8 Å². The van der Waals surface area contributed by atoms with Crippen molar-refractivity contribution in [2.75, 3.05) is 37.6 Å². The molecule has 5 heteroatoms. The molecule has 0 unspecified atom stereocenters. The largest absolute Gasteiger partial charge is 0.508 e. The van der Waals surface area contributed by atoms with E-state index in [1.165, 1.54) is 0 Å². The Hall–Kier alpha value is -1.59. The van der Waals surface area contributed by atoms with Crippen LogP contribution in [0.2, 0.25) is 0 Å². The molecule has 0 spiro atoms. The predicted molar refractivity (Wildman–Crippen MR) is 84.7 cm³/mol. The van der Waals surface area contributed by atoms with Crippen LogP contribution in [-0.2, 0) is 4.79 Å². The first-order chi connectivity index (χ1) is 9.96. The molecule has 0 aromatic heterocycles. The number of rotatable bonds is 4. The van der Waals surface area contributed by atoms with Crippen molar-refractivity contribution < 1.29 is 9.90 Å². The molecule has 2 N–H and O–H groups in total. The molecule has 1 fully saturated rings. The first-order valence-corrected chi connectivity index (χ1v) is 7.53. The van der Waals surface area contributed by atoms with Gasteiger partial charge in [-0.05, 0) is 32.9 Å². The monoisotopic (exact) mass is 291 g/mol. The van der Waals surface area contributed by atoms with Crippen molar-refractivity contribution in [2.24, 2.45) is 0 Å². The SMILES string of the molecule is CCN(C(=O)C(C)(C)N1CCNCC1)c1cccc(O)c1. The molecule has 0 aliphatic carbocycles. The molecule has 2 rings (SSSR count). The normalized spacial score (nSPS) is 16.7. The quantitative estimate of drug-likeness (QED) is 0.881. The molecular weight excluding hydrogens is 266 g/mol. The molecule has 21 heavy (non-hydrogen) atoms. The minimum atomic E-state index is -0.552. The van der Waals surface area contributed by atoms with E-state index in [0.717, 1.165) is 31.9 Å². The van der Waals surface area contributed by atoms with Gasteiger partial charge in [0.1, 0.15) is 5.75 Å². The fourth-order valence-corrected chi connectivity index (χ4v) is 2.79. The van der Waals surface area contributed by atoms with Crippen molar-refractivity contribution in [1.82, 2.24) is 10.2 Å². The van der Waals surface area contributed by atoms with E-state index < -0.39 is 5.54 Å². The highest BCUT2D eigenvalue weighted by Crippen LogP contribution is 2.25. The summed E-state index contributed by atoms with van der Waals surface area (Å²) >= 11 is 0. The summed E-state index contributed by atoms with van der Waals surface area (Å²) in [6.07, 6.45) is 0. The van der Waals surface area contributed by atoms with Crippen LogP contribution >= 0.6 is 0 Å². The number of carbonyl (C=O) groups excluding carboxylic acids is 1. The number of carbonyl (C=O) groups is 1. The predicted octanol–water partition coefficient (Wildman–Crippen LogP) is 1.43. The lowest BCUT2D eigenvalue weighted by Gasteiger charge is -2.42. The van der Waals surface area contributed by atoms with Gasteiger partial charge in [-0.25, -0.2) is 0 Å². The Morgan fingerprint density at radius 1 is 1.38 bits per heavy atom. The minimum absolute atomic E-state index is 0.0671. The van der Waals surface area contributed by atoms with Crippen molar-refractivity contribution in [1.29, 1.82) is 0 Å². The first kappa shape index (κ1) is 15.8. The van der Waals surface area contributed by atoms with Gasteiger partial charge in [-0.2, -0.15) is 0 Å². The molecule has 1 heterocycles. The highest BCUT2D eigenvalue weighted by Gasteiger charge is 2.38. The van der Waals surface area contributed by atoms with Gasteiger partial charge in [-0.15, -0.1) is 0 Å². The third-order valence-corrected chi connectivity index (χ3v) is 4.13. The maximum absolute atomic E-state index is 13.0. The van der Waals surface area contributed by atoms with Crippen LogP contribution in [-0.4, -0.2) is 54.2 Å². The van der Waals surface area contributed by atoms with E-state index in [9.17, 15) is 9.90 Å². The molecule has 0 atom stereocenters. The van der Waals surface area contributed by atoms with Crippen molar-refractivity contribution in [3.8, 4) is 5.75 Å². The number of nitrogens with zero attached hydrogens (tertiary/aromatic N) is 2. The molecule has 1 aromatic carbocycles. The lowest BCUT2D eigenvalue weighted by Crippen LogP contribution is -2.60. The van der Waals surface area contributed by atoms with Gasteiger partial charge in [0, 0.05) is 44.5 Å². The molecule has 0 radical (unpaired) electrons. The van der Waals surface area contributed by atoms with E-state index >= 15 is 0 Å². The average Bonchev–Trinajstić information content (AvgIpc) is 2.49. The summed E-state index contributed by atoms with van der Waals surface area (Å²) in [6.45, 7) is 10.1. The summed E-state index contributed by atoms with van der Waals surface area (Å²) in [6, 6.07) is 6.87. The van der Waals surface area contributed by atoms with Crippen LogP contribution in [0.15, 0.2) is 24.3 Å². The number of likely N-dealkylation sites (N-methyl/N-ethyl adjacent to an activating group) is 1. The molecular formula is C16H25N3O2. The lowest BCUT2D eigenvalue weighted by atomic mass is 9.99. The standard InChI is InChI=1S/C16H25N3O2/c1-4-19(13-6-5-7-14(20)12-13)15(21)16(2,3)18-10-8-17-9-11-18/h5-7,12,17,20H,4,8-11H2,1-3H3. The van der Waals surface area contributed by atoms with Gasteiger partial charge < -0.3 is 15.3 Å². The summed E-state index contributed by atoms with van der Waals surface area (Å²) in [4.78, 5) is 16.9. The Balaban J connectivity index is 2.22. The molecule has 1 saturated heterocycles. The Morgan fingerprint density at radius 3 is 2.62 bits per heavy atom. The van der Waals surface area contributed by atoms with Crippen molar-refractivity contribution in [3.63, 3.8) is 0 Å². The molecule has 1 aliphatic rings. The van der Waals surface area contributed by atoms with Crippen LogP contribution < -0.4 is 10.2 Å². The van der Waals surface area contributed by atoms with E-state index in [4.69, 9.17) is 0 Å². The Kier molecular flexibility index (Phi) is 4.85. The molecule has 0 saturated carbocycles. The molecule has 116 valence electrons. The average molecular weight is 291 g/mol. The molecule has 1 amide bonds. The number of phenolic OH excluding ortho intramolecular Hbond substituents is 1. The van der Waals surface area contributed by atoms with E-state index in [-0.39, 0.29) is 11.7 Å². The van der Waals surface area contributed by atoms with Gasteiger partial charge in [0.15, 0.2) is 0 Å². The maximum atomic E-state index is 13.0. The molecule has 1 aromatic rings. The second-order valence-corrected chi connectivity index (χ2v) is 5.87. The Morgan fingerprint density at radius 2 is 2.05 bits per heavy atom. The minimum Gasteiger partial charge on any atom is -0.508 e. The summed E-state index contributed by atoms with van der Waals surface area (Å²) in [5.74, 6) is 0.247. The summed E-state index contributed by atoms with van der Waals surface area (Å²) in [5, 5.41) is 12.9.